The Hall–Kier alpha value is -1.06. The fourth-order valence-corrected chi connectivity index (χ4v) is 2.96. The van der Waals surface area contributed by atoms with Crippen molar-refractivity contribution in [3.63, 3.8) is 0 Å². The summed E-state index contributed by atoms with van der Waals surface area (Å²) >= 11 is 0. The van der Waals surface area contributed by atoms with Crippen LogP contribution < -0.4 is 5.32 Å². The Morgan fingerprint density at radius 2 is 1.84 bits per heavy atom. The van der Waals surface area contributed by atoms with Gasteiger partial charge in [0.25, 0.3) is 0 Å². The lowest BCUT2D eigenvalue weighted by atomic mass is 9.87. The van der Waals surface area contributed by atoms with Crippen molar-refractivity contribution in [3.05, 3.63) is 29.8 Å². The van der Waals surface area contributed by atoms with Crippen LogP contribution in [0.5, 0.6) is 5.75 Å². The Bertz CT molecular complexity index is 382. The second kappa shape index (κ2) is 6.40. The zero-order valence-electron chi connectivity index (χ0n) is 11.7. The van der Waals surface area contributed by atoms with E-state index in [2.05, 4.69) is 12.2 Å². The SMILES string of the molecule is CC(Cc1ccc(O)cc1)NCC1(CO)CCCC1. The molecule has 2 rings (SSSR count). The van der Waals surface area contributed by atoms with Gasteiger partial charge < -0.3 is 15.5 Å². The van der Waals surface area contributed by atoms with Gasteiger partial charge in [-0.15, -0.1) is 0 Å². The highest BCUT2D eigenvalue weighted by atomic mass is 16.3. The maximum absolute atomic E-state index is 9.58. The van der Waals surface area contributed by atoms with Crippen molar-refractivity contribution in [2.45, 2.75) is 45.1 Å². The molecular weight excluding hydrogens is 238 g/mol. The number of nitrogens with one attached hydrogen (secondary N) is 1. The number of phenols is 1. The third-order valence-corrected chi connectivity index (χ3v) is 4.30. The monoisotopic (exact) mass is 263 g/mol. The third kappa shape index (κ3) is 3.95. The number of hydrogen-bond acceptors (Lipinski definition) is 3. The summed E-state index contributed by atoms with van der Waals surface area (Å²) in [4.78, 5) is 0. The first kappa shape index (κ1) is 14.4. The van der Waals surface area contributed by atoms with Crippen LogP contribution in [0.15, 0.2) is 24.3 Å². The summed E-state index contributed by atoms with van der Waals surface area (Å²) in [6, 6.07) is 7.77. The molecule has 1 unspecified atom stereocenters. The fourth-order valence-electron chi connectivity index (χ4n) is 2.96. The molecule has 3 heteroatoms. The number of rotatable bonds is 6. The third-order valence-electron chi connectivity index (χ3n) is 4.30. The van der Waals surface area contributed by atoms with Crippen LogP contribution in [0.3, 0.4) is 0 Å². The molecule has 0 heterocycles. The molecule has 0 saturated heterocycles. The first-order valence-electron chi connectivity index (χ1n) is 7.26. The minimum Gasteiger partial charge on any atom is -0.508 e. The summed E-state index contributed by atoms with van der Waals surface area (Å²) < 4.78 is 0. The van der Waals surface area contributed by atoms with E-state index in [1.54, 1.807) is 12.1 Å². The van der Waals surface area contributed by atoms with E-state index in [0.717, 1.165) is 25.8 Å². The van der Waals surface area contributed by atoms with Crippen molar-refractivity contribution in [2.75, 3.05) is 13.2 Å². The molecule has 0 aliphatic heterocycles. The molecule has 106 valence electrons. The Morgan fingerprint density at radius 1 is 1.21 bits per heavy atom. The lowest BCUT2D eigenvalue weighted by Crippen LogP contribution is -2.40. The van der Waals surface area contributed by atoms with Crippen LogP contribution in [0.1, 0.15) is 38.2 Å². The highest BCUT2D eigenvalue weighted by molar-refractivity contribution is 5.26. The van der Waals surface area contributed by atoms with E-state index in [1.165, 1.54) is 18.4 Å². The number of aliphatic hydroxyl groups is 1. The lowest BCUT2D eigenvalue weighted by Gasteiger charge is -2.28. The van der Waals surface area contributed by atoms with E-state index in [4.69, 9.17) is 0 Å². The lowest BCUT2D eigenvalue weighted by molar-refractivity contribution is 0.125. The Kier molecular flexibility index (Phi) is 4.83. The van der Waals surface area contributed by atoms with Crippen molar-refractivity contribution >= 4 is 0 Å². The molecule has 1 aromatic rings. The molecule has 0 spiro atoms. The molecule has 1 fully saturated rings. The standard InChI is InChI=1S/C16H25NO2/c1-13(10-14-4-6-15(19)7-5-14)17-11-16(12-18)8-2-3-9-16/h4-7,13,17-19H,2-3,8-12H2,1H3. The van der Waals surface area contributed by atoms with E-state index in [1.807, 2.05) is 12.1 Å². The summed E-state index contributed by atoms with van der Waals surface area (Å²) in [7, 11) is 0. The molecule has 0 aromatic heterocycles. The average molecular weight is 263 g/mol. The Labute approximate surface area is 115 Å². The molecule has 1 aliphatic rings. The minimum absolute atomic E-state index is 0.114. The quantitative estimate of drug-likeness (QED) is 0.739. The van der Waals surface area contributed by atoms with E-state index in [0.29, 0.717) is 18.4 Å². The minimum atomic E-state index is 0.114. The maximum Gasteiger partial charge on any atom is 0.115 e. The molecule has 3 nitrogen and oxygen atoms in total. The van der Waals surface area contributed by atoms with Crippen LogP contribution >= 0.6 is 0 Å². The van der Waals surface area contributed by atoms with Gasteiger partial charge in [0.15, 0.2) is 0 Å². The first-order valence-corrected chi connectivity index (χ1v) is 7.26. The van der Waals surface area contributed by atoms with Gasteiger partial charge in [0.1, 0.15) is 5.75 Å². The molecule has 1 aliphatic carbocycles. The molecular formula is C16H25NO2. The van der Waals surface area contributed by atoms with Crippen LogP contribution in [0.25, 0.3) is 0 Å². The van der Waals surface area contributed by atoms with Crippen LogP contribution in [0, 0.1) is 5.41 Å². The summed E-state index contributed by atoms with van der Waals surface area (Å²) in [5.41, 5.74) is 1.34. The predicted octanol–water partition coefficient (Wildman–Crippen LogP) is 2.47. The Balaban J connectivity index is 1.81. The van der Waals surface area contributed by atoms with Crippen LogP contribution in [-0.4, -0.2) is 29.4 Å². The van der Waals surface area contributed by atoms with Gasteiger partial charge in [-0.25, -0.2) is 0 Å². The molecule has 3 N–H and O–H groups in total. The summed E-state index contributed by atoms with van der Waals surface area (Å²) in [6.45, 7) is 3.38. The molecule has 1 atom stereocenters. The zero-order chi connectivity index (χ0) is 13.7. The van der Waals surface area contributed by atoms with Crippen LogP contribution in [0.2, 0.25) is 0 Å². The summed E-state index contributed by atoms with van der Waals surface area (Å²) in [5.74, 6) is 0.314. The normalized spacial score (nSPS) is 19.5. The average Bonchev–Trinajstić information content (AvgIpc) is 2.89. The van der Waals surface area contributed by atoms with Gasteiger partial charge in [-0.3, -0.25) is 0 Å². The van der Waals surface area contributed by atoms with Gasteiger partial charge in [0.2, 0.25) is 0 Å². The maximum atomic E-state index is 9.58. The number of aromatic hydroxyl groups is 1. The molecule has 0 radical (unpaired) electrons. The van der Waals surface area contributed by atoms with E-state index >= 15 is 0 Å². The highest BCUT2D eigenvalue weighted by Gasteiger charge is 2.32. The van der Waals surface area contributed by atoms with Gasteiger partial charge in [-0.2, -0.15) is 0 Å². The van der Waals surface area contributed by atoms with Crippen molar-refractivity contribution < 1.29 is 10.2 Å². The first-order chi connectivity index (χ1) is 9.13. The van der Waals surface area contributed by atoms with Gasteiger partial charge in [0.05, 0.1) is 0 Å². The second-order valence-electron chi connectivity index (χ2n) is 6.02. The molecule has 1 aromatic carbocycles. The van der Waals surface area contributed by atoms with Gasteiger partial charge >= 0.3 is 0 Å². The largest absolute Gasteiger partial charge is 0.508 e. The van der Waals surface area contributed by atoms with Crippen molar-refractivity contribution in [1.29, 1.82) is 0 Å². The number of benzene rings is 1. The van der Waals surface area contributed by atoms with Crippen molar-refractivity contribution in [2.24, 2.45) is 5.41 Å². The fraction of sp³-hybridized carbons (Fsp3) is 0.625. The second-order valence-corrected chi connectivity index (χ2v) is 6.02. The Morgan fingerprint density at radius 3 is 2.42 bits per heavy atom. The smallest absolute Gasteiger partial charge is 0.115 e. The van der Waals surface area contributed by atoms with Crippen molar-refractivity contribution in [3.8, 4) is 5.75 Å². The van der Waals surface area contributed by atoms with Crippen LogP contribution in [-0.2, 0) is 6.42 Å². The summed E-state index contributed by atoms with van der Waals surface area (Å²) in [5, 5.41) is 22.4. The van der Waals surface area contributed by atoms with E-state index < -0.39 is 0 Å². The van der Waals surface area contributed by atoms with Gasteiger partial charge in [-0.1, -0.05) is 25.0 Å². The molecule has 1 saturated carbocycles. The summed E-state index contributed by atoms with van der Waals surface area (Å²) in [6.07, 6.45) is 5.72. The topological polar surface area (TPSA) is 52.5 Å². The van der Waals surface area contributed by atoms with E-state index in [9.17, 15) is 10.2 Å². The zero-order valence-corrected chi connectivity index (χ0v) is 11.7. The molecule has 19 heavy (non-hydrogen) atoms. The van der Waals surface area contributed by atoms with Crippen molar-refractivity contribution in [1.82, 2.24) is 5.32 Å². The number of phenolic OH excluding ortho intramolecular Hbond substituents is 1. The van der Waals surface area contributed by atoms with Gasteiger partial charge in [0, 0.05) is 24.6 Å². The number of aliphatic hydroxyl groups excluding tert-OH is 1. The molecule has 0 bridgehead atoms. The highest BCUT2D eigenvalue weighted by Crippen LogP contribution is 2.37. The predicted molar refractivity (Wildman–Crippen MR) is 77.3 cm³/mol. The number of hydrogen-bond donors (Lipinski definition) is 3. The van der Waals surface area contributed by atoms with Gasteiger partial charge in [-0.05, 0) is 43.9 Å². The van der Waals surface area contributed by atoms with E-state index in [-0.39, 0.29) is 5.41 Å². The molecule has 0 amide bonds. The van der Waals surface area contributed by atoms with Crippen LogP contribution in [0.4, 0.5) is 0 Å².